The van der Waals surface area contributed by atoms with Crippen molar-refractivity contribution in [3.63, 3.8) is 0 Å². The average molecular weight is 535 g/mol. The Balaban J connectivity index is 1.15. The number of hydroxylamine groups is 1. The molecule has 196 valence electrons. The Kier molecular flexibility index (Phi) is 6.62. The molecule has 1 saturated heterocycles. The maximum atomic E-state index is 11.5. The Morgan fingerprint density at radius 2 is 2.11 bits per heavy atom. The van der Waals surface area contributed by atoms with Gasteiger partial charge in [-0.15, -0.1) is 11.3 Å². The lowest BCUT2D eigenvalue weighted by atomic mass is 10.1. The number of hydrogen-bond acceptors (Lipinski definition) is 12. The third-order valence-corrected chi connectivity index (χ3v) is 7.49. The molecule has 2 aliphatic heterocycles. The van der Waals surface area contributed by atoms with E-state index in [2.05, 4.69) is 43.4 Å². The van der Waals surface area contributed by atoms with Crippen LogP contribution in [-0.2, 0) is 11.3 Å². The molecule has 0 radical (unpaired) electrons. The first kappa shape index (κ1) is 24.3. The molecule has 1 fully saturated rings. The number of benzene rings is 1. The molecule has 0 aliphatic carbocycles. The lowest BCUT2D eigenvalue weighted by molar-refractivity contribution is 0.0392. The number of aromatic nitrogens is 4. The van der Waals surface area contributed by atoms with E-state index in [0.29, 0.717) is 38.2 Å². The van der Waals surface area contributed by atoms with Crippen LogP contribution in [0.1, 0.15) is 26.9 Å². The molecule has 3 N–H and O–H groups in total. The van der Waals surface area contributed by atoms with Crippen LogP contribution < -0.4 is 25.3 Å². The predicted molar refractivity (Wildman–Crippen MR) is 142 cm³/mol. The summed E-state index contributed by atoms with van der Waals surface area (Å²) in [5.74, 6) is 1.37. The fourth-order valence-corrected chi connectivity index (χ4v) is 5.53. The SMILES string of the molecule is CN(Cc1cc2nc(N3CCOC(c4ccc5c(c4)NCCO5)C3)ncc2s1)c1ncc(C(=O)NO)cn1. The number of fused-ring (bicyclic) bond motifs is 2. The quantitative estimate of drug-likeness (QED) is 0.249. The van der Waals surface area contributed by atoms with E-state index < -0.39 is 5.91 Å². The van der Waals surface area contributed by atoms with Gasteiger partial charge in [0.1, 0.15) is 18.5 Å². The minimum Gasteiger partial charge on any atom is -0.490 e. The number of nitrogens with zero attached hydrogens (tertiary/aromatic N) is 6. The number of rotatable bonds is 6. The zero-order valence-corrected chi connectivity index (χ0v) is 21.4. The highest BCUT2D eigenvalue weighted by Gasteiger charge is 2.25. The van der Waals surface area contributed by atoms with Gasteiger partial charge in [0, 0.05) is 37.4 Å². The summed E-state index contributed by atoms with van der Waals surface area (Å²) in [5.41, 5.74) is 4.74. The van der Waals surface area contributed by atoms with Crippen molar-refractivity contribution in [2.45, 2.75) is 12.6 Å². The molecule has 0 saturated carbocycles. The predicted octanol–water partition coefficient (Wildman–Crippen LogP) is 2.62. The Hall–Kier alpha value is -4.07. The molecule has 1 amide bonds. The van der Waals surface area contributed by atoms with E-state index >= 15 is 0 Å². The Morgan fingerprint density at radius 1 is 1.24 bits per heavy atom. The minimum absolute atomic E-state index is 0.0846. The maximum Gasteiger partial charge on any atom is 0.277 e. The first-order valence-corrected chi connectivity index (χ1v) is 13.0. The van der Waals surface area contributed by atoms with Crippen LogP contribution in [0.15, 0.2) is 42.9 Å². The second kappa shape index (κ2) is 10.4. The number of carbonyl (C=O) groups is 1. The summed E-state index contributed by atoms with van der Waals surface area (Å²) in [6.07, 6.45) is 4.53. The van der Waals surface area contributed by atoms with Crippen LogP contribution in [-0.4, -0.2) is 70.9 Å². The summed E-state index contributed by atoms with van der Waals surface area (Å²) >= 11 is 1.62. The third-order valence-electron chi connectivity index (χ3n) is 6.45. The van der Waals surface area contributed by atoms with Gasteiger partial charge in [-0.25, -0.2) is 25.4 Å². The summed E-state index contributed by atoms with van der Waals surface area (Å²) in [5, 5.41) is 12.1. The van der Waals surface area contributed by atoms with Gasteiger partial charge in [0.25, 0.3) is 5.91 Å². The van der Waals surface area contributed by atoms with Crippen molar-refractivity contribution < 1.29 is 19.5 Å². The average Bonchev–Trinajstić information content (AvgIpc) is 3.38. The maximum absolute atomic E-state index is 11.5. The fourth-order valence-electron chi connectivity index (χ4n) is 4.51. The molecule has 12 nitrogen and oxygen atoms in total. The van der Waals surface area contributed by atoms with E-state index in [-0.39, 0.29) is 11.7 Å². The van der Waals surface area contributed by atoms with Gasteiger partial charge in [-0.2, -0.15) is 0 Å². The van der Waals surface area contributed by atoms with Gasteiger partial charge in [0.15, 0.2) is 0 Å². The lowest BCUT2D eigenvalue weighted by Gasteiger charge is -2.33. The largest absolute Gasteiger partial charge is 0.490 e. The Labute approximate surface area is 222 Å². The van der Waals surface area contributed by atoms with E-state index in [9.17, 15) is 4.79 Å². The van der Waals surface area contributed by atoms with E-state index in [4.69, 9.17) is 19.7 Å². The second-order valence-corrected chi connectivity index (χ2v) is 10.2. The Morgan fingerprint density at radius 3 is 2.95 bits per heavy atom. The number of thiophene rings is 1. The summed E-state index contributed by atoms with van der Waals surface area (Å²) in [6, 6.07) is 8.22. The van der Waals surface area contributed by atoms with Crippen molar-refractivity contribution in [3.05, 3.63) is 58.9 Å². The van der Waals surface area contributed by atoms with Gasteiger partial charge >= 0.3 is 0 Å². The van der Waals surface area contributed by atoms with Crippen LogP contribution in [0.2, 0.25) is 0 Å². The van der Waals surface area contributed by atoms with E-state index in [1.165, 1.54) is 12.4 Å². The highest BCUT2D eigenvalue weighted by molar-refractivity contribution is 7.19. The molecule has 1 atom stereocenters. The molecule has 2 aliphatic rings. The molecule has 4 aromatic rings. The topological polar surface area (TPSA) is 138 Å². The van der Waals surface area contributed by atoms with Crippen LogP contribution in [0.25, 0.3) is 10.2 Å². The first-order chi connectivity index (χ1) is 18.6. The number of nitrogens with one attached hydrogen (secondary N) is 2. The van der Waals surface area contributed by atoms with E-state index in [1.807, 2.05) is 24.2 Å². The number of amides is 1. The number of hydrogen-bond donors (Lipinski definition) is 3. The molecule has 1 aromatic carbocycles. The van der Waals surface area contributed by atoms with Gasteiger partial charge in [-0.05, 0) is 23.8 Å². The lowest BCUT2D eigenvalue weighted by Crippen LogP contribution is -2.39. The molecule has 0 spiro atoms. The van der Waals surface area contributed by atoms with Gasteiger partial charge in [0.05, 0.1) is 47.4 Å². The molecular formula is C25H26N8O4S. The molecule has 3 aromatic heterocycles. The fraction of sp³-hybridized carbons (Fsp3) is 0.320. The molecule has 13 heteroatoms. The zero-order valence-electron chi connectivity index (χ0n) is 20.6. The minimum atomic E-state index is -0.654. The summed E-state index contributed by atoms with van der Waals surface area (Å²) < 4.78 is 12.8. The molecule has 5 heterocycles. The smallest absolute Gasteiger partial charge is 0.277 e. The summed E-state index contributed by atoms with van der Waals surface area (Å²) in [4.78, 5) is 34.6. The van der Waals surface area contributed by atoms with Crippen LogP contribution in [0.3, 0.4) is 0 Å². The van der Waals surface area contributed by atoms with Crippen LogP contribution in [0.4, 0.5) is 17.6 Å². The standard InChI is InChI=1S/C25H26N8O4S/c1-32(24-27-10-16(11-28-24)23(34)31-35)13-17-9-19-22(38-17)12-29-25(30-19)33-5-7-37-21(14-33)15-2-3-20-18(8-15)26-4-6-36-20/h2-3,8-12,21,26,35H,4-7,13-14H2,1H3,(H,31,34). The molecule has 0 bridgehead atoms. The Bertz CT molecular complexity index is 1460. The number of ether oxygens (including phenoxy) is 2. The van der Waals surface area contributed by atoms with Crippen molar-refractivity contribution in [2.75, 3.05) is 55.0 Å². The van der Waals surface area contributed by atoms with Gasteiger partial charge < -0.3 is 24.6 Å². The van der Waals surface area contributed by atoms with E-state index in [0.717, 1.165) is 45.2 Å². The van der Waals surface area contributed by atoms with Crippen LogP contribution in [0, 0.1) is 0 Å². The van der Waals surface area contributed by atoms with Crippen LogP contribution >= 0.6 is 11.3 Å². The van der Waals surface area contributed by atoms with E-state index in [1.54, 1.807) is 16.8 Å². The highest BCUT2D eigenvalue weighted by Crippen LogP contribution is 2.33. The van der Waals surface area contributed by atoms with Gasteiger partial charge in [-0.3, -0.25) is 10.0 Å². The van der Waals surface area contributed by atoms with Crippen LogP contribution in [0.5, 0.6) is 5.75 Å². The highest BCUT2D eigenvalue weighted by atomic mass is 32.1. The zero-order chi connectivity index (χ0) is 26.1. The number of morpholine rings is 1. The van der Waals surface area contributed by atoms with Gasteiger partial charge in [0.2, 0.25) is 11.9 Å². The number of anilines is 3. The summed E-state index contributed by atoms with van der Waals surface area (Å²) in [7, 11) is 1.87. The second-order valence-electron chi connectivity index (χ2n) is 9.04. The van der Waals surface area contributed by atoms with Crippen molar-refractivity contribution in [1.82, 2.24) is 25.4 Å². The molecule has 6 rings (SSSR count). The van der Waals surface area contributed by atoms with Crippen molar-refractivity contribution >= 4 is 45.0 Å². The first-order valence-electron chi connectivity index (χ1n) is 12.2. The molecular weight excluding hydrogens is 508 g/mol. The summed E-state index contributed by atoms with van der Waals surface area (Å²) in [6.45, 7) is 4.00. The normalized spacial score (nSPS) is 16.9. The van der Waals surface area contributed by atoms with Crippen molar-refractivity contribution in [3.8, 4) is 5.75 Å². The van der Waals surface area contributed by atoms with Gasteiger partial charge in [-0.1, -0.05) is 6.07 Å². The third kappa shape index (κ3) is 4.90. The number of carbonyl (C=O) groups excluding carboxylic acids is 1. The molecule has 1 unspecified atom stereocenters. The van der Waals surface area contributed by atoms with Crippen molar-refractivity contribution in [2.24, 2.45) is 0 Å². The monoisotopic (exact) mass is 534 g/mol. The van der Waals surface area contributed by atoms with Crippen molar-refractivity contribution in [1.29, 1.82) is 0 Å². The molecule has 38 heavy (non-hydrogen) atoms.